The van der Waals surface area contributed by atoms with E-state index in [1.807, 2.05) is 0 Å². The second-order valence-electron chi connectivity index (χ2n) is 8.55. The molecular formula is C29H29N2+. The van der Waals surface area contributed by atoms with E-state index in [1.54, 1.807) is 0 Å². The Morgan fingerprint density at radius 2 is 1.35 bits per heavy atom. The molecule has 2 heteroatoms. The van der Waals surface area contributed by atoms with Crippen LogP contribution in [0.3, 0.4) is 0 Å². The Bertz CT molecular complexity index is 1210. The first kappa shape index (κ1) is 19.7. The predicted molar refractivity (Wildman–Crippen MR) is 128 cm³/mol. The zero-order valence-electron chi connectivity index (χ0n) is 18.5. The molecule has 0 saturated heterocycles. The molecule has 31 heavy (non-hydrogen) atoms. The molecule has 0 fully saturated rings. The van der Waals surface area contributed by atoms with Crippen LogP contribution in [0.15, 0.2) is 91.1 Å². The van der Waals surface area contributed by atoms with E-state index in [9.17, 15) is 0 Å². The molecule has 1 aliphatic heterocycles. The van der Waals surface area contributed by atoms with E-state index in [0.29, 0.717) is 5.92 Å². The van der Waals surface area contributed by atoms with Gasteiger partial charge >= 0.3 is 0 Å². The number of benzene rings is 3. The summed E-state index contributed by atoms with van der Waals surface area (Å²) in [6, 6.07) is 30.1. The van der Waals surface area contributed by atoms with Crippen LogP contribution in [-0.2, 0) is 5.54 Å². The first-order valence-corrected chi connectivity index (χ1v) is 11.4. The lowest BCUT2D eigenvalue weighted by molar-refractivity contribution is -0.761. The molecule has 0 N–H and O–H groups in total. The number of rotatable bonds is 4. The van der Waals surface area contributed by atoms with Crippen LogP contribution in [0.1, 0.15) is 45.1 Å². The van der Waals surface area contributed by atoms with Crippen LogP contribution in [0.25, 0.3) is 33.8 Å². The van der Waals surface area contributed by atoms with Crippen molar-refractivity contribution in [3.05, 3.63) is 96.7 Å². The third-order valence-corrected chi connectivity index (χ3v) is 7.26. The van der Waals surface area contributed by atoms with Crippen LogP contribution in [0.4, 0.5) is 0 Å². The van der Waals surface area contributed by atoms with E-state index in [0.717, 1.165) is 35.4 Å². The molecule has 0 bridgehead atoms. The van der Waals surface area contributed by atoms with Gasteiger partial charge in [0.2, 0.25) is 5.69 Å². The average Bonchev–Trinajstić information content (AvgIpc) is 2.85. The zero-order valence-corrected chi connectivity index (χ0v) is 18.5. The van der Waals surface area contributed by atoms with Crippen molar-refractivity contribution >= 4 is 0 Å². The predicted octanol–water partition coefficient (Wildman–Crippen LogP) is 7.00. The molecule has 0 saturated carbocycles. The number of nitrogens with zero attached hydrogens (tertiary/aromatic N) is 2. The van der Waals surface area contributed by atoms with Crippen LogP contribution in [0.2, 0.25) is 0 Å². The minimum Gasteiger partial charge on any atom is -0.234 e. The second-order valence-corrected chi connectivity index (χ2v) is 8.55. The molecule has 1 atom stereocenters. The quantitative estimate of drug-likeness (QED) is 0.334. The molecule has 0 radical (unpaired) electrons. The molecule has 1 aliphatic rings. The SMILES string of the molecule is CCC1(CC)C(C)c2ccccc2-c2c(-c3ccccc3)nc(-c3ccccc3)c[n+]21. The van der Waals surface area contributed by atoms with Gasteiger partial charge in [0.15, 0.2) is 11.7 Å². The minimum atomic E-state index is 0.0136. The number of hydrogen-bond acceptors (Lipinski definition) is 1. The zero-order chi connectivity index (χ0) is 21.4. The van der Waals surface area contributed by atoms with Crippen molar-refractivity contribution in [1.29, 1.82) is 0 Å². The lowest BCUT2D eigenvalue weighted by atomic mass is 9.71. The highest BCUT2D eigenvalue weighted by atomic mass is 15.1. The Morgan fingerprint density at radius 1 is 0.774 bits per heavy atom. The van der Waals surface area contributed by atoms with Gasteiger partial charge in [0, 0.05) is 29.9 Å². The third kappa shape index (κ3) is 3.01. The normalized spacial score (nSPS) is 16.4. The molecule has 2 heterocycles. The van der Waals surface area contributed by atoms with Crippen molar-refractivity contribution in [2.24, 2.45) is 0 Å². The summed E-state index contributed by atoms with van der Waals surface area (Å²) in [6.07, 6.45) is 4.45. The van der Waals surface area contributed by atoms with Gasteiger partial charge in [0.05, 0.1) is 5.56 Å². The van der Waals surface area contributed by atoms with Gasteiger partial charge in [-0.2, -0.15) is 4.57 Å². The molecule has 1 aromatic heterocycles. The first-order valence-electron chi connectivity index (χ1n) is 11.4. The Balaban J connectivity index is 1.92. The van der Waals surface area contributed by atoms with E-state index in [4.69, 9.17) is 4.98 Å². The minimum absolute atomic E-state index is 0.0136. The molecule has 5 rings (SSSR count). The first-order chi connectivity index (χ1) is 15.2. The van der Waals surface area contributed by atoms with Crippen LogP contribution in [0, 0.1) is 0 Å². The molecule has 0 spiro atoms. The van der Waals surface area contributed by atoms with Gasteiger partial charge in [-0.05, 0) is 11.6 Å². The standard InChI is InChI=1S/C29H29N2/c1-4-29(5-2)21(3)24-18-12-13-19-25(24)28-27(23-16-10-7-11-17-23)30-26(20-31(28)29)22-14-8-6-9-15-22/h6-21H,4-5H2,1-3H3/q+1. The highest BCUT2D eigenvalue weighted by Gasteiger charge is 2.50. The molecule has 4 aromatic rings. The summed E-state index contributed by atoms with van der Waals surface area (Å²) < 4.78 is 2.57. The molecule has 0 aliphatic carbocycles. The van der Waals surface area contributed by atoms with Gasteiger partial charge in [-0.1, -0.05) is 99.6 Å². The Kier molecular flexibility index (Phi) is 4.94. The molecule has 154 valence electrons. The summed E-state index contributed by atoms with van der Waals surface area (Å²) in [5, 5.41) is 0. The number of aromatic nitrogens is 2. The van der Waals surface area contributed by atoms with Crippen LogP contribution in [-0.4, -0.2) is 4.98 Å². The number of hydrogen-bond donors (Lipinski definition) is 0. The Hall–Kier alpha value is -3.26. The maximum absolute atomic E-state index is 5.26. The molecular weight excluding hydrogens is 376 g/mol. The fourth-order valence-corrected chi connectivity index (χ4v) is 5.45. The number of fused-ring (bicyclic) bond motifs is 3. The summed E-state index contributed by atoms with van der Waals surface area (Å²) >= 11 is 0. The van der Waals surface area contributed by atoms with Crippen LogP contribution >= 0.6 is 0 Å². The summed E-state index contributed by atoms with van der Waals surface area (Å²) in [7, 11) is 0. The van der Waals surface area contributed by atoms with Crippen molar-refractivity contribution in [2.75, 3.05) is 0 Å². The maximum atomic E-state index is 5.26. The van der Waals surface area contributed by atoms with E-state index in [1.165, 1.54) is 16.8 Å². The fraction of sp³-hybridized carbons (Fsp3) is 0.241. The largest absolute Gasteiger partial charge is 0.239 e. The van der Waals surface area contributed by atoms with Crippen LogP contribution in [0.5, 0.6) is 0 Å². The van der Waals surface area contributed by atoms with Crippen molar-refractivity contribution in [1.82, 2.24) is 4.98 Å². The van der Waals surface area contributed by atoms with Gasteiger partial charge in [-0.3, -0.25) is 0 Å². The second kappa shape index (κ2) is 7.77. The summed E-state index contributed by atoms with van der Waals surface area (Å²) in [4.78, 5) is 5.26. The van der Waals surface area contributed by atoms with Crippen molar-refractivity contribution in [2.45, 2.75) is 45.1 Å². The summed E-state index contributed by atoms with van der Waals surface area (Å²) in [5.74, 6) is 0.422. The van der Waals surface area contributed by atoms with Gasteiger partial charge in [0.1, 0.15) is 11.4 Å². The summed E-state index contributed by atoms with van der Waals surface area (Å²) in [5.41, 5.74) is 8.39. The Morgan fingerprint density at radius 3 is 2.00 bits per heavy atom. The Labute approximate surface area is 185 Å². The van der Waals surface area contributed by atoms with Gasteiger partial charge < -0.3 is 0 Å². The molecule has 0 amide bonds. The molecule has 3 aromatic carbocycles. The fourth-order valence-electron chi connectivity index (χ4n) is 5.45. The highest BCUT2D eigenvalue weighted by molar-refractivity contribution is 5.80. The van der Waals surface area contributed by atoms with E-state index in [-0.39, 0.29) is 5.54 Å². The van der Waals surface area contributed by atoms with E-state index >= 15 is 0 Å². The lowest BCUT2D eigenvalue weighted by Gasteiger charge is -2.39. The van der Waals surface area contributed by atoms with E-state index < -0.39 is 0 Å². The third-order valence-electron chi connectivity index (χ3n) is 7.26. The van der Waals surface area contributed by atoms with Crippen molar-refractivity contribution < 1.29 is 4.57 Å². The van der Waals surface area contributed by atoms with Crippen molar-refractivity contribution in [3.8, 4) is 33.8 Å². The van der Waals surface area contributed by atoms with Gasteiger partial charge in [0.25, 0.3) is 0 Å². The smallest absolute Gasteiger partial charge is 0.234 e. The van der Waals surface area contributed by atoms with Gasteiger partial charge in [-0.15, -0.1) is 0 Å². The maximum Gasteiger partial charge on any atom is 0.239 e. The van der Waals surface area contributed by atoms with E-state index in [2.05, 4.69) is 116 Å². The molecule has 2 nitrogen and oxygen atoms in total. The molecule has 1 unspecified atom stereocenters. The van der Waals surface area contributed by atoms with Crippen molar-refractivity contribution in [3.63, 3.8) is 0 Å². The topological polar surface area (TPSA) is 16.8 Å². The lowest BCUT2D eigenvalue weighted by Crippen LogP contribution is -2.62. The highest BCUT2D eigenvalue weighted by Crippen LogP contribution is 2.47. The van der Waals surface area contributed by atoms with Gasteiger partial charge in [-0.25, -0.2) is 4.98 Å². The van der Waals surface area contributed by atoms with Crippen LogP contribution < -0.4 is 4.57 Å². The monoisotopic (exact) mass is 405 g/mol. The average molecular weight is 406 g/mol. The summed E-state index contributed by atoms with van der Waals surface area (Å²) in [6.45, 7) is 7.05.